The minimum Gasteiger partial charge on any atom is -0.336 e. The van der Waals surface area contributed by atoms with Gasteiger partial charge in [0.25, 0.3) is 0 Å². The monoisotopic (exact) mass is 358 g/mol. The minimum atomic E-state index is -0.789. The van der Waals surface area contributed by atoms with E-state index in [1.807, 2.05) is 24.0 Å². The van der Waals surface area contributed by atoms with Gasteiger partial charge in [-0.2, -0.15) is 0 Å². The van der Waals surface area contributed by atoms with Gasteiger partial charge in [0.1, 0.15) is 0 Å². The smallest absolute Gasteiger partial charge is 0.242 e. The van der Waals surface area contributed by atoms with Crippen molar-refractivity contribution in [3.63, 3.8) is 0 Å². The molecular weight excluding hydrogens is 332 g/mol. The lowest BCUT2D eigenvalue weighted by molar-refractivity contribution is -0.137. The molecule has 0 saturated carbocycles. The van der Waals surface area contributed by atoms with Gasteiger partial charge in [0, 0.05) is 19.0 Å². The van der Waals surface area contributed by atoms with Crippen LogP contribution in [0.4, 0.5) is 0 Å². The number of carbonyl (C=O) groups excluding carboxylic acids is 1. The summed E-state index contributed by atoms with van der Waals surface area (Å²) in [4.78, 5) is 14.9. The largest absolute Gasteiger partial charge is 0.336 e. The Kier molecular flexibility index (Phi) is 6.26. The van der Waals surface area contributed by atoms with Crippen LogP contribution in [0.1, 0.15) is 49.3 Å². The molecule has 0 bridgehead atoms. The molecule has 1 amide bonds. The van der Waals surface area contributed by atoms with Crippen LogP contribution >= 0.6 is 12.4 Å². The summed E-state index contributed by atoms with van der Waals surface area (Å²) in [5, 5.41) is 0. The lowest BCUT2D eigenvalue weighted by atomic mass is 9.83. The van der Waals surface area contributed by atoms with E-state index in [2.05, 4.69) is 49.4 Å². The molecule has 1 aliphatic rings. The zero-order valence-electron chi connectivity index (χ0n) is 14.9. The van der Waals surface area contributed by atoms with Crippen molar-refractivity contribution in [1.29, 1.82) is 0 Å². The standard InChI is InChI=1S/C21H26N2O.ClH/c1-3-13-21(2,22)20(24)23-14-17-11-7-8-12-18(17)19(15-23)16-9-5-4-6-10-16;/h4-12,19H,3,13-15,22H2,1-2H3;1H. The highest BCUT2D eigenvalue weighted by Gasteiger charge is 2.36. The third kappa shape index (κ3) is 4.05. The lowest BCUT2D eigenvalue weighted by Gasteiger charge is -2.39. The van der Waals surface area contributed by atoms with E-state index in [9.17, 15) is 4.79 Å². The molecule has 2 atom stereocenters. The quantitative estimate of drug-likeness (QED) is 0.894. The number of nitrogens with two attached hydrogens (primary N) is 1. The number of nitrogens with zero attached hydrogens (tertiary/aromatic N) is 1. The fourth-order valence-electron chi connectivity index (χ4n) is 3.72. The Morgan fingerprint density at radius 2 is 1.80 bits per heavy atom. The molecule has 3 rings (SSSR count). The molecule has 1 aliphatic heterocycles. The van der Waals surface area contributed by atoms with E-state index >= 15 is 0 Å². The number of hydrogen-bond donors (Lipinski definition) is 1. The molecule has 0 fully saturated rings. The number of hydrogen-bond acceptors (Lipinski definition) is 2. The van der Waals surface area contributed by atoms with E-state index in [1.165, 1.54) is 16.7 Å². The first-order chi connectivity index (χ1) is 11.5. The van der Waals surface area contributed by atoms with Crippen molar-refractivity contribution >= 4 is 18.3 Å². The average molecular weight is 359 g/mol. The van der Waals surface area contributed by atoms with Crippen molar-refractivity contribution in [3.05, 3.63) is 71.3 Å². The number of rotatable bonds is 4. The number of amides is 1. The van der Waals surface area contributed by atoms with Crippen molar-refractivity contribution in [1.82, 2.24) is 4.90 Å². The van der Waals surface area contributed by atoms with E-state index < -0.39 is 5.54 Å². The molecule has 2 unspecified atom stereocenters. The highest BCUT2D eigenvalue weighted by atomic mass is 35.5. The van der Waals surface area contributed by atoms with Crippen LogP contribution in [0, 0.1) is 0 Å². The summed E-state index contributed by atoms with van der Waals surface area (Å²) in [6.45, 7) is 5.26. The van der Waals surface area contributed by atoms with Gasteiger partial charge >= 0.3 is 0 Å². The van der Waals surface area contributed by atoms with Gasteiger partial charge in [-0.25, -0.2) is 0 Å². The minimum absolute atomic E-state index is 0. The molecule has 0 aliphatic carbocycles. The van der Waals surface area contributed by atoms with E-state index in [0.717, 1.165) is 6.42 Å². The molecule has 2 aromatic rings. The Morgan fingerprint density at radius 1 is 1.16 bits per heavy atom. The van der Waals surface area contributed by atoms with Crippen LogP contribution in [0.15, 0.2) is 54.6 Å². The van der Waals surface area contributed by atoms with Crippen LogP contribution in [-0.4, -0.2) is 22.9 Å². The molecule has 0 spiro atoms. The molecule has 25 heavy (non-hydrogen) atoms. The fraction of sp³-hybridized carbons (Fsp3) is 0.381. The van der Waals surface area contributed by atoms with Crippen LogP contribution in [0.2, 0.25) is 0 Å². The Balaban J connectivity index is 0.00000225. The summed E-state index contributed by atoms with van der Waals surface area (Å²) in [6.07, 6.45) is 1.62. The van der Waals surface area contributed by atoms with Crippen LogP contribution in [-0.2, 0) is 11.3 Å². The Hall–Kier alpha value is -1.84. The average Bonchev–Trinajstić information content (AvgIpc) is 2.61. The number of carbonyl (C=O) groups is 1. The predicted octanol–water partition coefficient (Wildman–Crippen LogP) is 4.10. The van der Waals surface area contributed by atoms with Crippen LogP contribution in [0.3, 0.4) is 0 Å². The summed E-state index contributed by atoms with van der Waals surface area (Å²) in [6, 6.07) is 18.9. The fourth-order valence-corrected chi connectivity index (χ4v) is 3.72. The highest BCUT2D eigenvalue weighted by molar-refractivity contribution is 5.86. The SMILES string of the molecule is CCCC(C)(N)C(=O)N1Cc2ccccc2C(c2ccccc2)C1.Cl. The summed E-state index contributed by atoms with van der Waals surface area (Å²) >= 11 is 0. The molecule has 0 aromatic heterocycles. The first kappa shape index (κ1) is 19.5. The zero-order chi connectivity index (χ0) is 17.2. The van der Waals surface area contributed by atoms with Gasteiger partial charge < -0.3 is 10.6 Å². The van der Waals surface area contributed by atoms with Gasteiger partial charge in [-0.3, -0.25) is 4.79 Å². The van der Waals surface area contributed by atoms with Gasteiger partial charge in [-0.05, 0) is 30.0 Å². The Bertz CT molecular complexity index is 715. The van der Waals surface area contributed by atoms with Gasteiger partial charge in [0.15, 0.2) is 0 Å². The van der Waals surface area contributed by atoms with Crippen molar-refractivity contribution in [3.8, 4) is 0 Å². The molecule has 0 saturated heterocycles. The third-order valence-electron chi connectivity index (χ3n) is 4.94. The van der Waals surface area contributed by atoms with Crippen LogP contribution in [0.5, 0.6) is 0 Å². The van der Waals surface area contributed by atoms with Gasteiger partial charge in [0.2, 0.25) is 5.91 Å². The molecule has 2 N–H and O–H groups in total. The van der Waals surface area contributed by atoms with Crippen LogP contribution < -0.4 is 5.73 Å². The summed E-state index contributed by atoms with van der Waals surface area (Å²) in [5.74, 6) is 0.261. The first-order valence-corrected chi connectivity index (χ1v) is 8.74. The third-order valence-corrected chi connectivity index (χ3v) is 4.94. The molecule has 0 radical (unpaired) electrons. The second-order valence-electron chi connectivity index (χ2n) is 7.02. The summed E-state index contributed by atoms with van der Waals surface area (Å²) in [7, 11) is 0. The maximum absolute atomic E-state index is 13.0. The maximum atomic E-state index is 13.0. The molecule has 134 valence electrons. The van der Waals surface area contributed by atoms with Crippen molar-refractivity contribution < 1.29 is 4.79 Å². The van der Waals surface area contributed by atoms with E-state index in [4.69, 9.17) is 5.73 Å². The number of halogens is 1. The Morgan fingerprint density at radius 3 is 2.48 bits per heavy atom. The lowest BCUT2D eigenvalue weighted by Crippen LogP contribution is -2.54. The van der Waals surface area contributed by atoms with E-state index in [1.54, 1.807) is 0 Å². The molecule has 1 heterocycles. The highest BCUT2D eigenvalue weighted by Crippen LogP contribution is 2.34. The number of fused-ring (bicyclic) bond motifs is 1. The van der Waals surface area contributed by atoms with Crippen molar-refractivity contribution in [2.24, 2.45) is 5.73 Å². The molecule has 3 nitrogen and oxygen atoms in total. The van der Waals surface area contributed by atoms with E-state index in [-0.39, 0.29) is 24.2 Å². The second-order valence-corrected chi connectivity index (χ2v) is 7.02. The molecular formula is C21H27ClN2O. The van der Waals surface area contributed by atoms with Crippen LogP contribution in [0.25, 0.3) is 0 Å². The van der Waals surface area contributed by atoms with E-state index in [0.29, 0.717) is 19.5 Å². The molecule has 4 heteroatoms. The Labute approximate surface area is 156 Å². The zero-order valence-corrected chi connectivity index (χ0v) is 15.8. The normalized spacial score (nSPS) is 18.7. The summed E-state index contributed by atoms with van der Waals surface area (Å²) in [5.41, 5.74) is 9.31. The predicted molar refractivity (Wildman–Crippen MR) is 105 cm³/mol. The summed E-state index contributed by atoms with van der Waals surface area (Å²) < 4.78 is 0. The van der Waals surface area contributed by atoms with Gasteiger partial charge in [-0.1, -0.05) is 67.9 Å². The van der Waals surface area contributed by atoms with Gasteiger partial charge in [0.05, 0.1) is 5.54 Å². The maximum Gasteiger partial charge on any atom is 0.242 e. The van der Waals surface area contributed by atoms with Crippen molar-refractivity contribution in [2.45, 2.75) is 44.7 Å². The molecule has 2 aromatic carbocycles. The first-order valence-electron chi connectivity index (χ1n) is 8.74. The number of benzene rings is 2. The second kappa shape index (κ2) is 8.03. The van der Waals surface area contributed by atoms with Gasteiger partial charge in [-0.15, -0.1) is 12.4 Å². The van der Waals surface area contributed by atoms with Crippen molar-refractivity contribution in [2.75, 3.05) is 6.54 Å². The topological polar surface area (TPSA) is 46.3 Å².